The number of methoxy groups -OCH3 is 1. The van der Waals surface area contributed by atoms with Gasteiger partial charge in [-0.3, -0.25) is 4.98 Å². The number of tetrazole rings is 1. The number of ether oxygens (including phenoxy) is 1. The van der Waals surface area contributed by atoms with Crippen molar-refractivity contribution in [3.8, 4) is 22.7 Å². The molecule has 0 aliphatic heterocycles. The van der Waals surface area contributed by atoms with Crippen molar-refractivity contribution in [3.63, 3.8) is 0 Å². The van der Waals surface area contributed by atoms with E-state index in [-0.39, 0.29) is 5.82 Å². The van der Waals surface area contributed by atoms with Crippen LogP contribution in [0.15, 0.2) is 54.7 Å². The second-order valence-electron chi connectivity index (χ2n) is 6.20. The molecule has 0 atom stereocenters. The van der Waals surface area contributed by atoms with Gasteiger partial charge >= 0.3 is 0 Å². The largest absolute Gasteiger partial charge is 0.496 e. The van der Waals surface area contributed by atoms with E-state index in [9.17, 15) is 4.39 Å². The van der Waals surface area contributed by atoms with E-state index in [4.69, 9.17) is 27.9 Å². The van der Waals surface area contributed by atoms with E-state index < -0.39 is 0 Å². The molecule has 0 unspecified atom stereocenters. The van der Waals surface area contributed by atoms with E-state index in [1.54, 1.807) is 36.5 Å². The molecule has 2 aromatic heterocycles. The van der Waals surface area contributed by atoms with Crippen LogP contribution < -0.4 is 10.1 Å². The smallest absolute Gasteiger partial charge is 0.248 e. The number of nitrogens with one attached hydrogen (secondary N) is 1. The maximum absolute atomic E-state index is 13.9. The molecule has 0 saturated carbocycles. The quantitative estimate of drug-likeness (QED) is 0.460. The summed E-state index contributed by atoms with van der Waals surface area (Å²) in [6.07, 6.45) is 1.64. The zero-order chi connectivity index (χ0) is 21.1. The lowest BCUT2D eigenvalue weighted by molar-refractivity contribution is 0.415. The van der Waals surface area contributed by atoms with Crippen molar-refractivity contribution in [1.82, 2.24) is 25.2 Å². The molecule has 0 bridgehead atoms. The van der Waals surface area contributed by atoms with E-state index in [2.05, 4.69) is 25.8 Å². The van der Waals surface area contributed by atoms with Gasteiger partial charge < -0.3 is 10.1 Å². The van der Waals surface area contributed by atoms with Gasteiger partial charge in [-0.05, 0) is 52.4 Å². The number of rotatable bonds is 6. The van der Waals surface area contributed by atoms with Crippen LogP contribution in [0.5, 0.6) is 5.75 Å². The molecule has 0 saturated heterocycles. The van der Waals surface area contributed by atoms with E-state index >= 15 is 0 Å². The van der Waals surface area contributed by atoms with Crippen LogP contribution in [0.25, 0.3) is 16.9 Å². The number of pyridine rings is 1. The molecule has 30 heavy (non-hydrogen) atoms. The number of aromatic nitrogens is 5. The number of hydrogen-bond acceptors (Lipinski definition) is 6. The number of hydrogen-bond donors (Lipinski definition) is 1. The van der Waals surface area contributed by atoms with Crippen molar-refractivity contribution in [2.45, 2.75) is 6.54 Å². The predicted octanol–water partition coefficient (Wildman–Crippen LogP) is 4.79. The first kappa shape index (κ1) is 20.1. The molecular formula is C20H15Cl2FN6O. The normalized spacial score (nSPS) is 10.8. The third-order valence-corrected chi connectivity index (χ3v) is 5.18. The highest BCUT2D eigenvalue weighted by Gasteiger charge is 2.16. The SMILES string of the molecule is COc1ccc(F)cc1-c1ncccc1CNc1nnnn1-c1cccc(Cl)c1Cl. The topological polar surface area (TPSA) is 77.8 Å². The van der Waals surface area contributed by atoms with Crippen LogP contribution in [0.1, 0.15) is 5.56 Å². The summed E-state index contributed by atoms with van der Waals surface area (Å²) < 4.78 is 20.7. The zero-order valence-corrected chi connectivity index (χ0v) is 17.2. The first-order valence-electron chi connectivity index (χ1n) is 8.83. The van der Waals surface area contributed by atoms with Crippen molar-refractivity contribution >= 4 is 29.2 Å². The van der Waals surface area contributed by atoms with Crippen molar-refractivity contribution in [3.05, 3.63) is 76.2 Å². The molecule has 4 aromatic rings. The fourth-order valence-corrected chi connectivity index (χ4v) is 3.35. The molecule has 0 spiro atoms. The predicted molar refractivity (Wildman–Crippen MR) is 113 cm³/mol. The Morgan fingerprint density at radius 2 is 2.00 bits per heavy atom. The second kappa shape index (κ2) is 8.64. The van der Waals surface area contributed by atoms with Gasteiger partial charge in [0, 0.05) is 18.3 Å². The summed E-state index contributed by atoms with van der Waals surface area (Å²) >= 11 is 12.4. The average Bonchev–Trinajstić information content (AvgIpc) is 3.23. The van der Waals surface area contributed by atoms with Gasteiger partial charge in [-0.25, -0.2) is 4.39 Å². The summed E-state index contributed by atoms with van der Waals surface area (Å²) in [5, 5.41) is 15.6. The highest BCUT2D eigenvalue weighted by atomic mass is 35.5. The fraction of sp³-hybridized carbons (Fsp3) is 0.100. The summed E-state index contributed by atoms with van der Waals surface area (Å²) in [6.45, 7) is 0.321. The molecular weight excluding hydrogens is 430 g/mol. The van der Waals surface area contributed by atoms with Crippen molar-refractivity contribution in [2.24, 2.45) is 0 Å². The number of nitrogens with zero attached hydrogens (tertiary/aromatic N) is 5. The summed E-state index contributed by atoms with van der Waals surface area (Å²) in [4.78, 5) is 4.42. The molecule has 0 aliphatic carbocycles. The third kappa shape index (κ3) is 3.92. The molecule has 2 aromatic carbocycles. The highest BCUT2D eigenvalue weighted by molar-refractivity contribution is 6.43. The molecule has 0 aliphatic rings. The summed E-state index contributed by atoms with van der Waals surface area (Å²) in [7, 11) is 1.53. The third-order valence-electron chi connectivity index (χ3n) is 4.37. The van der Waals surface area contributed by atoms with Gasteiger partial charge in [0.15, 0.2) is 0 Å². The Bertz CT molecular complexity index is 1200. The molecule has 0 fully saturated rings. The lowest BCUT2D eigenvalue weighted by Gasteiger charge is -2.13. The van der Waals surface area contributed by atoms with Crippen LogP contribution in [0.4, 0.5) is 10.3 Å². The van der Waals surface area contributed by atoms with Gasteiger partial charge in [0.2, 0.25) is 5.95 Å². The zero-order valence-electron chi connectivity index (χ0n) is 15.7. The van der Waals surface area contributed by atoms with E-state index in [1.165, 1.54) is 23.9 Å². The minimum absolute atomic E-state index is 0.321. The average molecular weight is 445 g/mol. The summed E-state index contributed by atoms with van der Waals surface area (Å²) in [6, 6.07) is 13.2. The number of anilines is 1. The van der Waals surface area contributed by atoms with E-state index in [0.717, 1.165) is 5.56 Å². The molecule has 0 amide bonds. The van der Waals surface area contributed by atoms with E-state index in [1.807, 2.05) is 6.07 Å². The van der Waals surface area contributed by atoms with Gasteiger partial charge in [-0.1, -0.05) is 40.4 Å². The maximum Gasteiger partial charge on any atom is 0.248 e. The molecule has 7 nitrogen and oxygen atoms in total. The Kier molecular flexibility index (Phi) is 5.78. The highest BCUT2D eigenvalue weighted by Crippen LogP contribution is 2.32. The lowest BCUT2D eigenvalue weighted by atomic mass is 10.0. The maximum atomic E-state index is 13.9. The molecule has 0 radical (unpaired) electrons. The van der Waals surface area contributed by atoms with Crippen molar-refractivity contribution in [2.75, 3.05) is 12.4 Å². The summed E-state index contributed by atoms with van der Waals surface area (Å²) in [5.41, 5.74) is 2.47. The van der Waals surface area contributed by atoms with Gasteiger partial charge in [0.25, 0.3) is 0 Å². The van der Waals surface area contributed by atoms with Crippen LogP contribution in [0, 0.1) is 5.82 Å². The monoisotopic (exact) mass is 444 g/mol. The van der Waals surface area contributed by atoms with Crippen LogP contribution in [-0.4, -0.2) is 32.3 Å². The minimum Gasteiger partial charge on any atom is -0.496 e. The van der Waals surface area contributed by atoms with Gasteiger partial charge in [0.1, 0.15) is 11.6 Å². The van der Waals surface area contributed by atoms with Gasteiger partial charge in [-0.2, -0.15) is 4.68 Å². The lowest BCUT2D eigenvalue weighted by Crippen LogP contribution is -2.09. The Balaban J connectivity index is 1.66. The molecule has 152 valence electrons. The Morgan fingerprint density at radius 3 is 2.83 bits per heavy atom. The van der Waals surface area contributed by atoms with Gasteiger partial charge in [0.05, 0.1) is 28.5 Å². The Labute approximate surface area is 181 Å². The number of benzene rings is 2. The van der Waals surface area contributed by atoms with Crippen LogP contribution in [-0.2, 0) is 6.54 Å². The minimum atomic E-state index is -0.380. The van der Waals surface area contributed by atoms with E-state index in [0.29, 0.717) is 45.2 Å². The molecule has 2 heterocycles. The van der Waals surface area contributed by atoms with Gasteiger partial charge in [-0.15, -0.1) is 0 Å². The first-order valence-corrected chi connectivity index (χ1v) is 9.58. The molecule has 4 rings (SSSR count). The molecule has 10 heteroatoms. The van der Waals surface area contributed by atoms with Crippen molar-refractivity contribution < 1.29 is 9.13 Å². The Hall–Kier alpha value is -3.23. The standard InChI is InChI=1S/C20H15Cl2FN6O/c1-30-17-8-7-13(23)10-14(17)19-12(4-3-9-24-19)11-25-20-26-27-28-29(20)16-6-2-5-15(21)18(16)22/h2-10H,11H2,1H3,(H,25,26,28). The summed E-state index contributed by atoms with van der Waals surface area (Å²) in [5.74, 6) is 0.502. The van der Waals surface area contributed by atoms with Crippen LogP contribution in [0.3, 0.4) is 0 Å². The fourth-order valence-electron chi connectivity index (χ4n) is 2.98. The van der Waals surface area contributed by atoms with Crippen LogP contribution >= 0.6 is 23.2 Å². The number of halogens is 3. The Morgan fingerprint density at radius 1 is 1.13 bits per heavy atom. The first-order chi connectivity index (χ1) is 14.6. The van der Waals surface area contributed by atoms with Crippen molar-refractivity contribution in [1.29, 1.82) is 0 Å². The second-order valence-corrected chi connectivity index (χ2v) is 6.98. The van der Waals surface area contributed by atoms with Crippen LogP contribution in [0.2, 0.25) is 10.0 Å². The molecule has 1 N–H and O–H groups in total.